The molecular weight excluding hydrogens is 454 g/mol. The van der Waals surface area contributed by atoms with Gasteiger partial charge in [0.15, 0.2) is 0 Å². The molecule has 2 atom stereocenters. The predicted molar refractivity (Wildman–Crippen MR) is 120 cm³/mol. The van der Waals surface area contributed by atoms with Crippen molar-refractivity contribution in [3.63, 3.8) is 0 Å². The molecule has 0 unspecified atom stereocenters. The molecular formula is C21H22ClN5O4S. The number of carbonyl (C=O) groups excluding carboxylic acids is 1. The Kier molecular flexibility index (Phi) is 6.83. The van der Waals surface area contributed by atoms with Crippen LogP contribution >= 0.6 is 22.9 Å². The molecule has 2 N–H and O–H groups in total. The topological polar surface area (TPSA) is 119 Å². The Balaban J connectivity index is 1.52. The first-order valence-electron chi connectivity index (χ1n) is 10.1. The molecule has 1 amide bonds. The van der Waals surface area contributed by atoms with Gasteiger partial charge in [-0.05, 0) is 43.2 Å². The minimum atomic E-state index is -0.406. The van der Waals surface area contributed by atoms with Crippen LogP contribution in [0.3, 0.4) is 0 Å². The second kappa shape index (κ2) is 9.76. The van der Waals surface area contributed by atoms with E-state index in [1.54, 1.807) is 12.1 Å². The van der Waals surface area contributed by atoms with Crippen molar-refractivity contribution < 1.29 is 19.4 Å². The number of rotatable bonds is 7. The van der Waals surface area contributed by atoms with Gasteiger partial charge in [0.25, 0.3) is 11.1 Å². The Hall–Kier alpha value is -2.82. The highest BCUT2D eigenvalue weighted by atomic mass is 35.5. The van der Waals surface area contributed by atoms with E-state index >= 15 is 0 Å². The molecule has 1 aliphatic rings. The fourth-order valence-electron chi connectivity index (χ4n) is 3.63. The molecule has 1 fully saturated rings. The number of amides is 1. The van der Waals surface area contributed by atoms with Gasteiger partial charge in [0, 0.05) is 28.9 Å². The Morgan fingerprint density at radius 3 is 2.84 bits per heavy atom. The fraction of sp³-hybridized carbons (Fsp3) is 0.381. The summed E-state index contributed by atoms with van der Waals surface area (Å²) in [5.41, 5.74) is 2.28. The summed E-state index contributed by atoms with van der Waals surface area (Å²) in [6, 6.07) is 3.42. The van der Waals surface area contributed by atoms with E-state index in [1.165, 1.54) is 19.5 Å². The van der Waals surface area contributed by atoms with Crippen LogP contribution in [0.15, 0.2) is 24.5 Å². The Bertz CT molecular complexity index is 1130. The number of nitrogens with zero attached hydrogens (tertiary/aromatic N) is 4. The van der Waals surface area contributed by atoms with Crippen LogP contribution in [0.2, 0.25) is 5.15 Å². The zero-order valence-electron chi connectivity index (χ0n) is 17.5. The van der Waals surface area contributed by atoms with Crippen molar-refractivity contribution in [2.75, 3.05) is 19.0 Å². The molecule has 0 spiro atoms. The Morgan fingerprint density at radius 1 is 1.25 bits per heavy atom. The van der Waals surface area contributed by atoms with Crippen LogP contribution in [-0.4, -0.2) is 51.0 Å². The molecule has 0 saturated heterocycles. The second-order valence-corrected chi connectivity index (χ2v) is 8.80. The van der Waals surface area contributed by atoms with Gasteiger partial charge in [-0.1, -0.05) is 23.1 Å². The van der Waals surface area contributed by atoms with Gasteiger partial charge in [-0.3, -0.25) is 15.1 Å². The molecule has 0 aliphatic heterocycles. The third-order valence-electron chi connectivity index (χ3n) is 5.30. The number of pyridine rings is 2. The SMILES string of the molecule is COc1cnc(Cl)cc1-c1cc(C)ncc1C(=O)Nc1nnc(OC[C@H]2CCC[C@@H]2O)s1. The van der Waals surface area contributed by atoms with E-state index in [2.05, 4.69) is 25.5 Å². The van der Waals surface area contributed by atoms with E-state index < -0.39 is 5.91 Å². The monoisotopic (exact) mass is 475 g/mol. The number of aryl methyl sites for hydroxylation is 1. The molecule has 32 heavy (non-hydrogen) atoms. The lowest BCUT2D eigenvalue weighted by Crippen LogP contribution is -2.20. The van der Waals surface area contributed by atoms with E-state index in [4.69, 9.17) is 21.1 Å². The fourth-order valence-corrected chi connectivity index (χ4v) is 4.38. The number of hydrogen-bond acceptors (Lipinski definition) is 9. The molecule has 3 heterocycles. The summed E-state index contributed by atoms with van der Waals surface area (Å²) in [5, 5.41) is 21.5. The Labute approximate surface area is 193 Å². The highest BCUT2D eigenvalue weighted by Crippen LogP contribution is 2.34. The third kappa shape index (κ3) is 4.98. The molecule has 3 aromatic rings. The number of anilines is 1. The maximum absolute atomic E-state index is 13.0. The minimum Gasteiger partial charge on any atom is -0.494 e. The number of aliphatic hydroxyl groups is 1. The van der Waals surface area contributed by atoms with Crippen LogP contribution in [-0.2, 0) is 0 Å². The number of methoxy groups -OCH3 is 1. The van der Waals surface area contributed by atoms with Crippen LogP contribution in [0.25, 0.3) is 11.1 Å². The van der Waals surface area contributed by atoms with E-state index in [9.17, 15) is 9.90 Å². The summed E-state index contributed by atoms with van der Waals surface area (Å²) < 4.78 is 11.1. The van der Waals surface area contributed by atoms with Crippen molar-refractivity contribution >= 4 is 34.0 Å². The lowest BCUT2D eigenvalue weighted by molar-refractivity contribution is 0.0981. The number of ether oxygens (including phenoxy) is 2. The molecule has 0 aromatic carbocycles. The molecule has 3 aromatic heterocycles. The van der Waals surface area contributed by atoms with E-state index in [0.717, 1.165) is 36.3 Å². The Morgan fingerprint density at radius 2 is 2.09 bits per heavy atom. The van der Waals surface area contributed by atoms with Gasteiger partial charge in [-0.2, -0.15) is 0 Å². The van der Waals surface area contributed by atoms with Gasteiger partial charge in [-0.25, -0.2) is 4.98 Å². The lowest BCUT2D eigenvalue weighted by atomic mass is 10.0. The first kappa shape index (κ1) is 22.4. The largest absolute Gasteiger partial charge is 0.494 e. The first-order valence-corrected chi connectivity index (χ1v) is 11.3. The van der Waals surface area contributed by atoms with Crippen molar-refractivity contribution in [3.05, 3.63) is 40.9 Å². The number of aromatic nitrogens is 4. The van der Waals surface area contributed by atoms with Crippen molar-refractivity contribution in [1.29, 1.82) is 0 Å². The van der Waals surface area contributed by atoms with E-state index in [1.807, 2.05) is 6.92 Å². The van der Waals surface area contributed by atoms with Gasteiger partial charge in [0.05, 0.1) is 31.6 Å². The molecule has 4 rings (SSSR count). The highest BCUT2D eigenvalue weighted by molar-refractivity contribution is 7.17. The van der Waals surface area contributed by atoms with Crippen LogP contribution < -0.4 is 14.8 Å². The zero-order valence-corrected chi connectivity index (χ0v) is 19.1. The maximum Gasteiger partial charge on any atom is 0.295 e. The zero-order chi connectivity index (χ0) is 22.7. The summed E-state index contributed by atoms with van der Waals surface area (Å²) >= 11 is 7.21. The van der Waals surface area contributed by atoms with Gasteiger partial charge < -0.3 is 14.6 Å². The number of hydrogen-bond donors (Lipinski definition) is 2. The summed E-state index contributed by atoms with van der Waals surface area (Å²) in [4.78, 5) is 21.3. The summed E-state index contributed by atoms with van der Waals surface area (Å²) in [6.45, 7) is 2.20. The minimum absolute atomic E-state index is 0.0975. The van der Waals surface area contributed by atoms with Crippen molar-refractivity contribution in [2.45, 2.75) is 32.3 Å². The number of aliphatic hydroxyl groups excluding tert-OH is 1. The molecule has 11 heteroatoms. The third-order valence-corrected chi connectivity index (χ3v) is 6.25. The van der Waals surface area contributed by atoms with Crippen molar-refractivity contribution in [2.24, 2.45) is 5.92 Å². The van der Waals surface area contributed by atoms with E-state index in [-0.39, 0.29) is 17.2 Å². The summed E-state index contributed by atoms with van der Waals surface area (Å²) in [5.74, 6) is 0.173. The number of carbonyl (C=O) groups is 1. The van der Waals surface area contributed by atoms with Gasteiger partial charge in [0.1, 0.15) is 10.9 Å². The van der Waals surface area contributed by atoms with Crippen LogP contribution in [0.5, 0.6) is 10.9 Å². The first-order chi connectivity index (χ1) is 15.4. The van der Waals surface area contributed by atoms with E-state index in [0.29, 0.717) is 39.4 Å². The highest BCUT2D eigenvalue weighted by Gasteiger charge is 2.26. The van der Waals surface area contributed by atoms with Crippen LogP contribution in [0.1, 0.15) is 35.3 Å². The second-order valence-electron chi connectivity index (χ2n) is 7.48. The van der Waals surface area contributed by atoms with Crippen LogP contribution in [0.4, 0.5) is 5.13 Å². The molecule has 9 nitrogen and oxygen atoms in total. The molecule has 0 bridgehead atoms. The number of halogens is 1. The summed E-state index contributed by atoms with van der Waals surface area (Å²) in [7, 11) is 1.52. The van der Waals surface area contributed by atoms with Gasteiger partial charge in [0.2, 0.25) is 5.13 Å². The lowest BCUT2D eigenvalue weighted by Gasteiger charge is -2.13. The predicted octanol–water partition coefficient (Wildman–Crippen LogP) is 3.76. The average molecular weight is 476 g/mol. The van der Waals surface area contributed by atoms with Crippen molar-refractivity contribution in [1.82, 2.24) is 20.2 Å². The average Bonchev–Trinajstić information content (AvgIpc) is 3.40. The van der Waals surface area contributed by atoms with Gasteiger partial charge >= 0.3 is 0 Å². The van der Waals surface area contributed by atoms with Crippen molar-refractivity contribution in [3.8, 4) is 22.1 Å². The maximum atomic E-state index is 13.0. The van der Waals surface area contributed by atoms with Crippen LogP contribution in [0, 0.1) is 12.8 Å². The smallest absolute Gasteiger partial charge is 0.295 e. The molecule has 1 aliphatic carbocycles. The number of nitrogens with one attached hydrogen (secondary N) is 1. The standard InChI is InChI=1S/C21H22ClN5O4S/c1-11-6-13(14-7-18(22)24-9-17(14)30-2)15(8-23-11)19(29)25-20-26-27-21(32-20)31-10-12-4-3-5-16(12)28/h6-9,12,16,28H,3-5,10H2,1-2H3,(H,25,26,29)/t12-,16+/m1/s1. The summed E-state index contributed by atoms with van der Waals surface area (Å²) in [6.07, 6.45) is 5.38. The van der Waals surface area contributed by atoms with Gasteiger partial charge in [-0.15, -0.1) is 5.10 Å². The normalized spacial score (nSPS) is 17.9. The molecule has 168 valence electrons. The molecule has 0 radical (unpaired) electrons. The quantitative estimate of drug-likeness (QED) is 0.496. The molecule has 1 saturated carbocycles.